The van der Waals surface area contributed by atoms with Crippen molar-refractivity contribution in [2.75, 3.05) is 19.6 Å². The van der Waals surface area contributed by atoms with Crippen molar-refractivity contribution in [3.05, 3.63) is 0 Å². The lowest BCUT2D eigenvalue weighted by atomic mass is 9.96. The number of carbonyl (C=O) groups excluding carboxylic acids is 3. The second-order valence-corrected chi connectivity index (χ2v) is 7.76. The maximum atomic E-state index is 12.6. The van der Waals surface area contributed by atoms with Crippen LogP contribution in [0.15, 0.2) is 0 Å². The molecule has 2 saturated heterocycles. The van der Waals surface area contributed by atoms with Crippen molar-refractivity contribution in [1.82, 2.24) is 15.1 Å². The highest BCUT2D eigenvalue weighted by Crippen LogP contribution is 2.42. The number of hydrogen-bond donors (Lipinski definition) is 2. The zero-order valence-electron chi connectivity index (χ0n) is 13.5. The molecular weight excluding hydrogens is 296 g/mol. The van der Waals surface area contributed by atoms with Gasteiger partial charge in [0, 0.05) is 19.1 Å². The number of amides is 4. The van der Waals surface area contributed by atoms with Crippen LogP contribution < -0.4 is 11.1 Å². The van der Waals surface area contributed by atoms with Crippen molar-refractivity contribution in [1.29, 1.82) is 0 Å². The van der Waals surface area contributed by atoms with Crippen molar-refractivity contribution >= 4 is 17.8 Å². The van der Waals surface area contributed by atoms with Crippen molar-refractivity contribution in [3.63, 3.8) is 0 Å². The van der Waals surface area contributed by atoms with Crippen LogP contribution in [0.1, 0.15) is 32.6 Å². The van der Waals surface area contributed by atoms with E-state index in [9.17, 15) is 14.4 Å². The normalized spacial score (nSPS) is 39.8. The van der Waals surface area contributed by atoms with Crippen LogP contribution in [-0.4, -0.2) is 58.9 Å². The largest absolute Gasteiger partial charge is 0.341 e. The molecule has 2 saturated carbocycles. The number of likely N-dealkylation sites (tertiary alicyclic amines) is 1. The first-order valence-corrected chi connectivity index (χ1v) is 8.57. The van der Waals surface area contributed by atoms with E-state index in [-0.39, 0.29) is 30.3 Å². The Morgan fingerprint density at radius 2 is 2.00 bits per heavy atom. The van der Waals surface area contributed by atoms with Gasteiger partial charge >= 0.3 is 6.03 Å². The third-order valence-corrected chi connectivity index (χ3v) is 6.25. The van der Waals surface area contributed by atoms with E-state index < -0.39 is 11.6 Å². The first kappa shape index (κ1) is 14.9. The molecule has 23 heavy (non-hydrogen) atoms. The highest BCUT2D eigenvalue weighted by atomic mass is 16.2. The Hall–Kier alpha value is -1.63. The van der Waals surface area contributed by atoms with Crippen molar-refractivity contribution < 1.29 is 14.4 Å². The van der Waals surface area contributed by atoms with Gasteiger partial charge in [-0.1, -0.05) is 0 Å². The van der Waals surface area contributed by atoms with Gasteiger partial charge in [-0.3, -0.25) is 14.5 Å². The molecule has 0 radical (unpaired) electrons. The predicted octanol–water partition coefficient (Wildman–Crippen LogP) is -0.0974. The van der Waals surface area contributed by atoms with Crippen LogP contribution in [0.2, 0.25) is 0 Å². The summed E-state index contributed by atoms with van der Waals surface area (Å²) in [6.07, 6.45) is 4.01. The van der Waals surface area contributed by atoms with E-state index in [0.29, 0.717) is 24.9 Å². The third kappa shape index (κ3) is 2.24. The first-order chi connectivity index (χ1) is 10.9. The zero-order valence-corrected chi connectivity index (χ0v) is 13.5. The molecule has 0 aromatic rings. The highest BCUT2D eigenvalue weighted by Gasteiger charge is 2.56. The van der Waals surface area contributed by atoms with Gasteiger partial charge in [-0.2, -0.15) is 0 Å². The number of nitrogens with two attached hydrogens (primary N) is 1. The van der Waals surface area contributed by atoms with E-state index in [2.05, 4.69) is 5.32 Å². The monoisotopic (exact) mass is 320 g/mol. The lowest BCUT2D eigenvalue weighted by molar-refractivity contribution is -0.138. The fraction of sp³-hybridized carbons (Fsp3) is 0.812. The number of nitrogens with one attached hydrogen (secondary N) is 1. The number of imide groups is 1. The molecule has 2 heterocycles. The smallest absolute Gasteiger partial charge is 0.325 e. The SMILES string of the molecule is CC1(C2CC2)NC(=O)N(CC(=O)N2CC3CCC(N)C3C2)C1=O. The Bertz CT molecular complexity index is 576. The quantitative estimate of drug-likeness (QED) is 0.710. The average Bonchev–Trinajstić information content (AvgIpc) is 3.14. The van der Waals surface area contributed by atoms with E-state index in [1.807, 2.05) is 0 Å². The first-order valence-electron chi connectivity index (χ1n) is 8.57. The number of carbonyl (C=O) groups is 3. The lowest BCUT2D eigenvalue weighted by Crippen LogP contribution is -2.47. The fourth-order valence-electron chi connectivity index (χ4n) is 4.54. The lowest BCUT2D eigenvalue weighted by Gasteiger charge is -2.23. The highest BCUT2D eigenvalue weighted by molar-refractivity contribution is 6.09. The van der Waals surface area contributed by atoms with Crippen LogP contribution in [0.3, 0.4) is 0 Å². The molecule has 3 N–H and O–H groups in total. The van der Waals surface area contributed by atoms with Gasteiger partial charge in [0.15, 0.2) is 0 Å². The summed E-state index contributed by atoms with van der Waals surface area (Å²) < 4.78 is 0. The second-order valence-electron chi connectivity index (χ2n) is 7.76. The van der Waals surface area contributed by atoms with Gasteiger partial charge < -0.3 is 16.0 Å². The molecule has 0 aromatic heterocycles. The van der Waals surface area contributed by atoms with E-state index in [1.54, 1.807) is 11.8 Å². The minimum absolute atomic E-state index is 0.143. The topological polar surface area (TPSA) is 95.7 Å². The Labute approximate surface area is 135 Å². The maximum absolute atomic E-state index is 12.6. The van der Waals surface area contributed by atoms with Crippen molar-refractivity contribution in [2.24, 2.45) is 23.5 Å². The summed E-state index contributed by atoms with van der Waals surface area (Å²) in [5, 5.41) is 2.78. The Kier molecular flexibility index (Phi) is 3.20. The van der Waals surface area contributed by atoms with E-state index >= 15 is 0 Å². The number of nitrogens with zero attached hydrogens (tertiary/aromatic N) is 2. The summed E-state index contributed by atoms with van der Waals surface area (Å²) in [6.45, 7) is 2.99. The number of rotatable bonds is 3. The molecule has 4 fully saturated rings. The van der Waals surface area contributed by atoms with E-state index in [4.69, 9.17) is 5.73 Å². The summed E-state index contributed by atoms with van der Waals surface area (Å²) in [4.78, 5) is 40.1. The molecule has 0 aromatic carbocycles. The summed E-state index contributed by atoms with van der Waals surface area (Å²) in [5.41, 5.74) is 5.28. The number of fused-ring (bicyclic) bond motifs is 1. The summed E-state index contributed by atoms with van der Waals surface area (Å²) in [6, 6.07) is -0.262. The van der Waals surface area contributed by atoms with E-state index in [1.165, 1.54) is 0 Å². The van der Waals surface area contributed by atoms with Crippen LogP contribution >= 0.6 is 0 Å². The molecule has 4 aliphatic rings. The minimum atomic E-state index is -0.818. The molecule has 0 spiro atoms. The maximum Gasteiger partial charge on any atom is 0.325 e. The van der Waals surface area contributed by atoms with Crippen LogP contribution in [0.25, 0.3) is 0 Å². The minimum Gasteiger partial charge on any atom is -0.341 e. The van der Waals surface area contributed by atoms with Crippen LogP contribution in [0.5, 0.6) is 0 Å². The molecule has 4 amide bonds. The molecule has 7 nitrogen and oxygen atoms in total. The van der Waals surface area contributed by atoms with Crippen molar-refractivity contribution in [3.8, 4) is 0 Å². The molecular formula is C16H24N4O3. The van der Waals surface area contributed by atoms with Gasteiger partial charge in [-0.15, -0.1) is 0 Å². The Morgan fingerprint density at radius 1 is 1.26 bits per heavy atom. The standard InChI is InChI=1S/C16H24N4O3/c1-16(10-3-4-10)14(22)20(15(23)18-16)8-13(21)19-6-9-2-5-12(17)11(9)7-19/h9-12H,2-8,17H2,1H3,(H,18,23). The van der Waals surface area contributed by atoms with Crippen molar-refractivity contribution in [2.45, 2.75) is 44.2 Å². The van der Waals surface area contributed by atoms with Gasteiger partial charge in [0.25, 0.3) is 5.91 Å². The molecule has 4 rings (SSSR count). The molecule has 7 heteroatoms. The molecule has 2 aliphatic heterocycles. The molecule has 0 bridgehead atoms. The van der Waals surface area contributed by atoms with Crippen LogP contribution in [0.4, 0.5) is 4.79 Å². The van der Waals surface area contributed by atoms with Gasteiger partial charge in [0.2, 0.25) is 5.91 Å². The fourth-order valence-corrected chi connectivity index (χ4v) is 4.54. The number of urea groups is 1. The zero-order chi connectivity index (χ0) is 16.4. The second kappa shape index (κ2) is 4.93. The summed E-state index contributed by atoms with van der Waals surface area (Å²) >= 11 is 0. The summed E-state index contributed by atoms with van der Waals surface area (Å²) in [5.74, 6) is 0.667. The van der Waals surface area contributed by atoms with Gasteiger partial charge in [0.1, 0.15) is 12.1 Å². The van der Waals surface area contributed by atoms with Crippen LogP contribution in [-0.2, 0) is 9.59 Å². The van der Waals surface area contributed by atoms with Gasteiger partial charge in [0.05, 0.1) is 0 Å². The predicted molar refractivity (Wildman–Crippen MR) is 82.1 cm³/mol. The Balaban J connectivity index is 1.41. The van der Waals surface area contributed by atoms with Gasteiger partial charge in [-0.05, 0) is 50.4 Å². The average molecular weight is 320 g/mol. The molecule has 2 aliphatic carbocycles. The molecule has 4 atom stereocenters. The van der Waals surface area contributed by atoms with Crippen LogP contribution in [0, 0.1) is 17.8 Å². The summed E-state index contributed by atoms with van der Waals surface area (Å²) in [7, 11) is 0. The number of hydrogen-bond acceptors (Lipinski definition) is 4. The van der Waals surface area contributed by atoms with Gasteiger partial charge in [-0.25, -0.2) is 4.79 Å². The molecule has 4 unspecified atom stereocenters. The van der Waals surface area contributed by atoms with E-state index in [0.717, 1.165) is 30.6 Å². The molecule has 126 valence electrons. The third-order valence-electron chi connectivity index (χ3n) is 6.25. The Morgan fingerprint density at radius 3 is 2.65 bits per heavy atom.